The SMILES string of the molecule is CC(C)=CC(C(=O)OC(CCS(=O)(=O)O)CS(=O)(=O)O)C(C)(C)C. The van der Waals surface area contributed by atoms with Crippen LogP contribution in [0.4, 0.5) is 0 Å². The molecule has 0 saturated carbocycles. The highest BCUT2D eigenvalue weighted by molar-refractivity contribution is 7.86. The summed E-state index contributed by atoms with van der Waals surface area (Å²) in [6.07, 6.45) is -0.157. The van der Waals surface area contributed by atoms with Crippen molar-refractivity contribution >= 4 is 26.2 Å². The third-order valence-corrected chi connectivity index (χ3v) is 4.61. The average molecular weight is 386 g/mol. The zero-order valence-electron chi connectivity index (χ0n) is 14.5. The topological polar surface area (TPSA) is 135 Å². The molecular formula is C14H26O8S2. The van der Waals surface area contributed by atoms with Crippen LogP contribution in [-0.2, 0) is 29.8 Å². The average Bonchev–Trinajstić information content (AvgIpc) is 2.28. The largest absolute Gasteiger partial charge is 0.461 e. The number of esters is 1. The van der Waals surface area contributed by atoms with E-state index >= 15 is 0 Å². The minimum Gasteiger partial charge on any atom is -0.461 e. The number of allylic oxidation sites excluding steroid dienone is 1. The summed E-state index contributed by atoms with van der Waals surface area (Å²) in [6, 6.07) is 0. The van der Waals surface area contributed by atoms with Gasteiger partial charge in [-0.05, 0) is 19.3 Å². The highest BCUT2D eigenvalue weighted by atomic mass is 32.2. The maximum atomic E-state index is 12.4. The molecular weight excluding hydrogens is 360 g/mol. The lowest BCUT2D eigenvalue weighted by molar-refractivity contribution is -0.154. The van der Waals surface area contributed by atoms with Crippen molar-refractivity contribution < 1.29 is 35.5 Å². The van der Waals surface area contributed by atoms with Crippen LogP contribution in [0.5, 0.6) is 0 Å². The maximum Gasteiger partial charge on any atom is 0.313 e. The summed E-state index contributed by atoms with van der Waals surface area (Å²) in [6.45, 7) is 8.98. The van der Waals surface area contributed by atoms with Gasteiger partial charge in [0.25, 0.3) is 20.2 Å². The Bertz CT molecular complexity index is 664. The van der Waals surface area contributed by atoms with Crippen LogP contribution in [0.25, 0.3) is 0 Å². The van der Waals surface area contributed by atoms with E-state index in [2.05, 4.69) is 0 Å². The Labute approximate surface area is 143 Å². The molecule has 0 spiro atoms. The first kappa shape index (κ1) is 23.0. The van der Waals surface area contributed by atoms with Crippen LogP contribution >= 0.6 is 0 Å². The predicted molar refractivity (Wildman–Crippen MR) is 89.7 cm³/mol. The van der Waals surface area contributed by atoms with Crippen molar-refractivity contribution in [1.29, 1.82) is 0 Å². The summed E-state index contributed by atoms with van der Waals surface area (Å²) in [5, 5.41) is 0. The van der Waals surface area contributed by atoms with Crippen LogP contribution in [0.2, 0.25) is 0 Å². The molecule has 0 aliphatic carbocycles. The van der Waals surface area contributed by atoms with Gasteiger partial charge in [-0.1, -0.05) is 32.4 Å². The quantitative estimate of drug-likeness (QED) is 0.365. The minimum atomic E-state index is -4.49. The molecule has 0 amide bonds. The van der Waals surface area contributed by atoms with Gasteiger partial charge >= 0.3 is 5.97 Å². The molecule has 2 N–H and O–H groups in total. The van der Waals surface area contributed by atoms with Gasteiger partial charge in [0.05, 0.1) is 11.7 Å². The van der Waals surface area contributed by atoms with Gasteiger partial charge in [0.1, 0.15) is 11.9 Å². The monoisotopic (exact) mass is 386 g/mol. The first-order valence-electron chi connectivity index (χ1n) is 7.27. The number of rotatable bonds is 8. The Morgan fingerprint density at radius 1 is 1.08 bits per heavy atom. The second kappa shape index (κ2) is 8.41. The van der Waals surface area contributed by atoms with Gasteiger partial charge in [-0.25, -0.2) is 0 Å². The van der Waals surface area contributed by atoms with E-state index in [1.54, 1.807) is 40.7 Å². The summed E-state index contributed by atoms with van der Waals surface area (Å²) in [5.41, 5.74) is 0.344. The molecule has 0 bridgehead atoms. The Hall–Kier alpha value is -0.970. The molecule has 10 heteroatoms. The molecule has 0 saturated heterocycles. The molecule has 0 fully saturated rings. The summed E-state index contributed by atoms with van der Waals surface area (Å²) in [5.74, 6) is -3.15. The van der Waals surface area contributed by atoms with Crippen LogP contribution in [-0.4, -0.2) is 49.5 Å². The van der Waals surface area contributed by atoms with E-state index in [-0.39, 0.29) is 0 Å². The van der Waals surface area contributed by atoms with Gasteiger partial charge < -0.3 is 4.74 Å². The Morgan fingerprint density at radius 2 is 1.58 bits per heavy atom. The molecule has 8 nitrogen and oxygen atoms in total. The van der Waals surface area contributed by atoms with Crippen molar-refractivity contribution in [3.63, 3.8) is 0 Å². The molecule has 24 heavy (non-hydrogen) atoms. The molecule has 2 atom stereocenters. The van der Waals surface area contributed by atoms with Crippen LogP contribution in [0.3, 0.4) is 0 Å². The molecule has 0 aromatic heterocycles. The summed E-state index contributed by atoms with van der Waals surface area (Å²) < 4.78 is 66.5. The third kappa shape index (κ3) is 10.7. The van der Waals surface area contributed by atoms with Crippen molar-refractivity contribution in [3.8, 4) is 0 Å². The third-order valence-electron chi connectivity index (χ3n) is 3.06. The van der Waals surface area contributed by atoms with Crippen LogP contribution < -0.4 is 0 Å². The second-order valence-electron chi connectivity index (χ2n) is 6.97. The molecule has 2 unspecified atom stereocenters. The van der Waals surface area contributed by atoms with Crippen molar-refractivity contribution in [2.45, 2.75) is 47.1 Å². The van der Waals surface area contributed by atoms with Gasteiger partial charge in [0, 0.05) is 6.42 Å². The zero-order chi connectivity index (χ0) is 19.3. The van der Waals surface area contributed by atoms with Gasteiger partial charge in [0.15, 0.2) is 0 Å². The number of carbonyl (C=O) groups excluding carboxylic acids is 1. The van der Waals surface area contributed by atoms with E-state index in [1.165, 1.54) is 0 Å². The molecule has 0 aliphatic rings. The van der Waals surface area contributed by atoms with Crippen molar-refractivity contribution in [3.05, 3.63) is 11.6 Å². The summed E-state index contributed by atoms with van der Waals surface area (Å²) in [4.78, 5) is 12.4. The highest BCUT2D eigenvalue weighted by Crippen LogP contribution is 2.30. The fourth-order valence-corrected chi connectivity index (χ4v) is 3.20. The van der Waals surface area contributed by atoms with E-state index in [0.717, 1.165) is 5.57 Å². The lowest BCUT2D eigenvalue weighted by atomic mass is 9.80. The fraction of sp³-hybridized carbons (Fsp3) is 0.786. The Morgan fingerprint density at radius 3 is 1.92 bits per heavy atom. The van der Waals surface area contributed by atoms with Crippen molar-refractivity contribution in [2.24, 2.45) is 11.3 Å². The van der Waals surface area contributed by atoms with Crippen molar-refractivity contribution in [2.75, 3.05) is 11.5 Å². The normalized spacial score (nSPS) is 15.5. The van der Waals surface area contributed by atoms with Crippen LogP contribution in [0, 0.1) is 11.3 Å². The fourth-order valence-electron chi connectivity index (χ4n) is 1.93. The maximum absolute atomic E-state index is 12.4. The molecule has 0 heterocycles. The van der Waals surface area contributed by atoms with Gasteiger partial charge in [-0.2, -0.15) is 16.8 Å². The molecule has 0 aromatic rings. The van der Waals surface area contributed by atoms with Crippen LogP contribution in [0.15, 0.2) is 11.6 Å². The first-order valence-corrected chi connectivity index (χ1v) is 10.5. The molecule has 0 radical (unpaired) electrons. The van der Waals surface area contributed by atoms with Gasteiger partial charge in [-0.15, -0.1) is 0 Å². The first-order chi connectivity index (χ1) is 10.5. The highest BCUT2D eigenvalue weighted by Gasteiger charge is 2.33. The second-order valence-corrected chi connectivity index (χ2v) is 10.0. The van der Waals surface area contributed by atoms with Crippen LogP contribution in [0.1, 0.15) is 41.0 Å². The number of hydrogen-bond acceptors (Lipinski definition) is 6. The minimum absolute atomic E-state index is 0.448. The van der Waals surface area contributed by atoms with Gasteiger partial charge in [-0.3, -0.25) is 13.9 Å². The van der Waals surface area contributed by atoms with E-state index in [0.29, 0.717) is 0 Å². The summed E-state index contributed by atoms with van der Waals surface area (Å²) >= 11 is 0. The molecule has 142 valence electrons. The molecule has 0 aromatic carbocycles. The number of hydrogen-bond donors (Lipinski definition) is 2. The zero-order valence-corrected chi connectivity index (χ0v) is 16.1. The standard InChI is InChI=1S/C14H26O8S2/c1-10(2)8-12(14(3,4)5)13(15)22-11(9-24(19,20)21)6-7-23(16,17)18/h8,11-12H,6-7,9H2,1-5H3,(H,16,17,18)(H,19,20,21). The van der Waals surface area contributed by atoms with Gasteiger partial charge in [0.2, 0.25) is 0 Å². The summed E-state index contributed by atoms with van der Waals surface area (Å²) in [7, 11) is -8.85. The van der Waals surface area contributed by atoms with E-state index in [1.807, 2.05) is 0 Å². The smallest absolute Gasteiger partial charge is 0.313 e. The molecule has 0 aliphatic heterocycles. The van der Waals surface area contributed by atoms with E-state index in [9.17, 15) is 21.6 Å². The van der Waals surface area contributed by atoms with E-state index < -0.39 is 61.6 Å². The van der Waals surface area contributed by atoms with E-state index in [4.69, 9.17) is 13.8 Å². The lowest BCUT2D eigenvalue weighted by Gasteiger charge is -2.28. The van der Waals surface area contributed by atoms with Crippen molar-refractivity contribution in [1.82, 2.24) is 0 Å². The predicted octanol–water partition coefficient (Wildman–Crippen LogP) is 1.69. The number of ether oxygens (including phenoxy) is 1. The lowest BCUT2D eigenvalue weighted by Crippen LogP contribution is -2.35. The molecule has 0 rings (SSSR count). The Kier molecular flexibility index (Phi) is 8.07. The Balaban J connectivity index is 5.36. The number of carbonyl (C=O) groups is 1.